The number of carbonyl (C=O) groups is 5. The van der Waals surface area contributed by atoms with Gasteiger partial charge >= 0.3 is 0 Å². The molecule has 0 saturated carbocycles. The fourth-order valence-electron chi connectivity index (χ4n) is 9.70. The number of rotatable bonds is 7. The summed E-state index contributed by atoms with van der Waals surface area (Å²) < 4.78 is 6.32. The standard InChI is InChI=1S/C42H41ClN6O6/c1-44-36-9-8-31(20-35(36)43)55-32-18-29-6-7-30(19-32)48(29)28-4-2-25(3-5-28)40(52)47-14-12-24(13-15-47)21-46-22-26-16-33-34(17-27(26)23-46)42(54)49(41(33)53)37-10-11-38(50)45-39(37)51/h2-5,8-9,16-17,20,24,29-30,32,37H,6-7,10-15,18-19,21-23H2,(H,45,50,51). The third kappa shape index (κ3) is 6.53. The topological polar surface area (TPSA) is 124 Å². The molecule has 0 aromatic heterocycles. The Kier molecular flexibility index (Phi) is 9.10. The average Bonchev–Trinajstić information content (AvgIpc) is 3.78. The lowest BCUT2D eigenvalue weighted by atomic mass is 9.95. The number of carbonyl (C=O) groups excluding carboxylic acids is 5. The van der Waals surface area contributed by atoms with Crippen molar-refractivity contribution in [3.05, 3.63) is 98.9 Å². The van der Waals surface area contributed by atoms with Crippen LogP contribution < -0.4 is 15.0 Å². The van der Waals surface area contributed by atoms with Gasteiger partial charge in [-0.1, -0.05) is 17.7 Å². The van der Waals surface area contributed by atoms with Gasteiger partial charge in [0, 0.05) is 75.3 Å². The number of nitrogens with one attached hydrogen (secondary N) is 1. The molecule has 2 bridgehead atoms. The van der Waals surface area contributed by atoms with Gasteiger partial charge in [-0.05, 0) is 97.7 Å². The van der Waals surface area contributed by atoms with Gasteiger partial charge in [-0.3, -0.25) is 39.1 Å². The van der Waals surface area contributed by atoms with Crippen LogP contribution in [0.3, 0.4) is 0 Å². The predicted octanol–water partition coefficient (Wildman–Crippen LogP) is 5.74. The molecule has 5 amide bonds. The maximum absolute atomic E-state index is 13.6. The Balaban J connectivity index is 0.760. The van der Waals surface area contributed by atoms with Crippen LogP contribution in [0.15, 0.2) is 54.6 Å². The number of hydrogen-bond donors (Lipinski definition) is 1. The van der Waals surface area contributed by atoms with Crippen molar-refractivity contribution in [1.82, 2.24) is 20.0 Å². The van der Waals surface area contributed by atoms with E-state index in [0.29, 0.717) is 77.3 Å². The Labute approximate surface area is 324 Å². The predicted molar refractivity (Wildman–Crippen MR) is 203 cm³/mol. The van der Waals surface area contributed by atoms with Crippen molar-refractivity contribution in [1.29, 1.82) is 0 Å². The maximum atomic E-state index is 13.6. The van der Waals surface area contributed by atoms with Crippen LogP contribution in [0.2, 0.25) is 5.02 Å². The monoisotopic (exact) mass is 760 g/mol. The second-order valence-corrected chi connectivity index (χ2v) is 16.2. The Morgan fingerprint density at radius 2 is 1.51 bits per heavy atom. The van der Waals surface area contributed by atoms with E-state index in [2.05, 4.69) is 32.1 Å². The fourth-order valence-corrected chi connectivity index (χ4v) is 9.91. The molecule has 1 N–H and O–H groups in total. The first-order valence-corrected chi connectivity index (χ1v) is 19.6. The summed E-state index contributed by atoms with van der Waals surface area (Å²) in [4.78, 5) is 75.5. The smallest absolute Gasteiger partial charge is 0.262 e. The van der Waals surface area contributed by atoms with Gasteiger partial charge < -0.3 is 14.5 Å². The Bertz CT molecular complexity index is 2100. The molecule has 55 heavy (non-hydrogen) atoms. The zero-order chi connectivity index (χ0) is 38.0. The van der Waals surface area contributed by atoms with E-state index in [1.807, 2.05) is 23.1 Å². The van der Waals surface area contributed by atoms with Gasteiger partial charge in [-0.2, -0.15) is 0 Å². The normalized spacial score (nSPS) is 25.2. The van der Waals surface area contributed by atoms with Gasteiger partial charge in [0.2, 0.25) is 17.5 Å². The van der Waals surface area contributed by atoms with Crippen LogP contribution in [-0.4, -0.2) is 88.1 Å². The molecule has 3 aromatic carbocycles. The molecular formula is C42H41ClN6O6. The third-order valence-electron chi connectivity index (χ3n) is 12.4. The first-order chi connectivity index (χ1) is 26.6. The first kappa shape index (κ1) is 35.5. The highest BCUT2D eigenvalue weighted by atomic mass is 35.5. The van der Waals surface area contributed by atoms with Gasteiger partial charge in [0.05, 0.1) is 22.7 Å². The van der Waals surface area contributed by atoms with Gasteiger partial charge in [0.15, 0.2) is 0 Å². The fraction of sp³-hybridized carbons (Fsp3) is 0.429. The first-order valence-electron chi connectivity index (χ1n) is 19.2. The lowest BCUT2D eigenvalue weighted by Gasteiger charge is -2.40. The number of amides is 5. The number of imide groups is 2. The van der Waals surface area contributed by atoms with E-state index < -0.39 is 29.7 Å². The summed E-state index contributed by atoms with van der Waals surface area (Å²) in [5.74, 6) is -0.764. The van der Waals surface area contributed by atoms with Gasteiger partial charge in [-0.15, -0.1) is 0 Å². The molecule has 13 heteroatoms. The molecule has 6 aliphatic heterocycles. The van der Waals surface area contributed by atoms with Gasteiger partial charge in [0.25, 0.3) is 17.7 Å². The van der Waals surface area contributed by atoms with Crippen molar-refractivity contribution in [2.45, 2.75) is 88.7 Å². The minimum absolute atomic E-state index is 0.0618. The largest absolute Gasteiger partial charge is 0.490 e. The number of halogens is 1. The molecule has 0 spiro atoms. The van der Waals surface area contributed by atoms with Crippen molar-refractivity contribution < 1.29 is 28.7 Å². The van der Waals surface area contributed by atoms with E-state index >= 15 is 0 Å². The highest BCUT2D eigenvalue weighted by Crippen LogP contribution is 2.41. The highest BCUT2D eigenvalue weighted by Gasteiger charge is 2.46. The SMILES string of the molecule is [C-]#[N+]c1ccc(OC2CC3CCC(C2)N3c2ccc(C(=O)N3CCC(CN4Cc5cc6c(cc5C4)C(=O)N(C4CCC(=O)NC4=O)C6=O)CC3)cc2)cc1Cl. The van der Waals surface area contributed by atoms with Crippen LogP contribution >= 0.6 is 11.6 Å². The molecule has 9 rings (SSSR count). The highest BCUT2D eigenvalue weighted by molar-refractivity contribution is 6.33. The second kappa shape index (κ2) is 14.1. The molecular weight excluding hydrogens is 720 g/mol. The van der Waals surface area contributed by atoms with E-state index in [9.17, 15) is 24.0 Å². The molecule has 4 fully saturated rings. The van der Waals surface area contributed by atoms with Gasteiger partial charge in [-0.25, -0.2) is 4.85 Å². The van der Waals surface area contributed by atoms with Gasteiger partial charge in [0.1, 0.15) is 17.9 Å². The minimum Gasteiger partial charge on any atom is -0.490 e. The van der Waals surface area contributed by atoms with Crippen LogP contribution in [-0.2, 0) is 22.7 Å². The molecule has 4 saturated heterocycles. The van der Waals surface area contributed by atoms with Crippen molar-refractivity contribution in [3.8, 4) is 5.75 Å². The van der Waals surface area contributed by atoms with Crippen LogP contribution in [0.1, 0.15) is 93.6 Å². The number of nitrogens with zero attached hydrogens (tertiary/aromatic N) is 5. The lowest BCUT2D eigenvalue weighted by molar-refractivity contribution is -0.136. The van der Waals surface area contributed by atoms with Crippen molar-refractivity contribution in [2.75, 3.05) is 24.5 Å². The summed E-state index contributed by atoms with van der Waals surface area (Å²) in [7, 11) is 0. The van der Waals surface area contributed by atoms with E-state index in [-0.39, 0.29) is 24.9 Å². The quantitative estimate of drug-likeness (QED) is 0.239. The van der Waals surface area contributed by atoms with Crippen LogP contribution in [0.4, 0.5) is 11.4 Å². The molecule has 0 aliphatic carbocycles. The van der Waals surface area contributed by atoms with E-state index in [4.69, 9.17) is 22.9 Å². The van der Waals surface area contributed by atoms with E-state index in [1.54, 1.807) is 24.3 Å². The molecule has 282 valence electrons. The summed E-state index contributed by atoms with van der Waals surface area (Å²) in [6.07, 6.45) is 6.15. The van der Waals surface area contributed by atoms with Crippen molar-refractivity contribution in [3.63, 3.8) is 0 Å². The molecule has 12 nitrogen and oxygen atoms in total. The number of likely N-dealkylation sites (tertiary alicyclic amines) is 1. The van der Waals surface area contributed by atoms with E-state index in [1.165, 1.54) is 0 Å². The molecule has 6 aliphatic rings. The summed E-state index contributed by atoms with van der Waals surface area (Å²) in [5.41, 5.74) is 4.95. The molecule has 6 heterocycles. The average molecular weight is 761 g/mol. The molecule has 3 unspecified atom stereocenters. The summed E-state index contributed by atoms with van der Waals surface area (Å²) >= 11 is 6.24. The summed E-state index contributed by atoms with van der Waals surface area (Å²) in [6.45, 7) is 10.8. The molecule has 0 radical (unpaired) electrons. The van der Waals surface area contributed by atoms with Crippen molar-refractivity contribution in [2.24, 2.45) is 5.92 Å². The van der Waals surface area contributed by atoms with Crippen LogP contribution in [0, 0.1) is 12.5 Å². The van der Waals surface area contributed by atoms with E-state index in [0.717, 1.165) is 66.8 Å². The number of ether oxygens (including phenoxy) is 1. The maximum Gasteiger partial charge on any atom is 0.262 e. The Hall–Kier alpha value is -5.25. The van der Waals surface area contributed by atoms with Crippen LogP contribution in [0.5, 0.6) is 5.75 Å². The number of piperidine rings is 3. The van der Waals surface area contributed by atoms with Crippen LogP contribution in [0.25, 0.3) is 4.85 Å². The molecule has 3 aromatic rings. The zero-order valence-electron chi connectivity index (χ0n) is 30.3. The van der Waals surface area contributed by atoms with Crippen molar-refractivity contribution >= 4 is 52.5 Å². The lowest BCUT2D eigenvalue weighted by Crippen LogP contribution is -2.54. The third-order valence-corrected chi connectivity index (χ3v) is 12.7. The number of anilines is 1. The number of benzene rings is 3. The Morgan fingerprint density at radius 1 is 0.855 bits per heavy atom. The minimum atomic E-state index is -0.969. The second-order valence-electron chi connectivity index (χ2n) is 15.8. The Morgan fingerprint density at radius 3 is 2.11 bits per heavy atom. The number of hydrogen-bond acceptors (Lipinski definition) is 8. The zero-order valence-corrected chi connectivity index (χ0v) is 31.1. The summed E-state index contributed by atoms with van der Waals surface area (Å²) in [5, 5.41) is 2.65. The summed E-state index contributed by atoms with van der Waals surface area (Å²) in [6, 6.07) is 16.7. The number of fused-ring (bicyclic) bond motifs is 4. The molecule has 3 atom stereocenters.